The van der Waals surface area contributed by atoms with Gasteiger partial charge in [0.15, 0.2) is 0 Å². The Balaban J connectivity index is 1.86. The number of benzene rings is 2. The molecule has 3 aromatic rings. The van der Waals surface area contributed by atoms with E-state index in [9.17, 15) is 14.7 Å². The molecule has 25 heavy (non-hydrogen) atoms. The molecule has 1 aromatic heterocycles. The van der Waals surface area contributed by atoms with Crippen molar-refractivity contribution in [2.24, 2.45) is 0 Å². The van der Waals surface area contributed by atoms with Gasteiger partial charge in [-0.25, -0.2) is 9.59 Å². The smallest absolute Gasteiger partial charge is 0.338 e. The number of hydrogen-bond donors (Lipinski definition) is 1. The first-order chi connectivity index (χ1) is 12.0. The van der Waals surface area contributed by atoms with Crippen molar-refractivity contribution in [3.05, 3.63) is 75.1 Å². The summed E-state index contributed by atoms with van der Waals surface area (Å²) in [5.74, 6) is -0.416. The summed E-state index contributed by atoms with van der Waals surface area (Å²) in [6.07, 6.45) is 0.896. The minimum absolute atomic E-state index is 0.0424. The van der Waals surface area contributed by atoms with Gasteiger partial charge in [-0.1, -0.05) is 19.1 Å². The van der Waals surface area contributed by atoms with Crippen LogP contribution in [0.1, 0.15) is 34.0 Å². The molecule has 5 nitrogen and oxygen atoms in total. The standard InChI is InChI=1S/C20H18O5/c1-3-13-4-6-14(7-5-13)20(23)24-11-15-10-18(22)25-19-12(2)17(21)9-8-16(15)19/h4-10,21H,3,11H2,1-2H3. The molecule has 1 heterocycles. The molecular weight excluding hydrogens is 320 g/mol. The first kappa shape index (κ1) is 16.8. The van der Waals surface area contributed by atoms with Crippen molar-refractivity contribution >= 4 is 16.9 Å². The fourth-order valence-corrected chi connectivity index (χ4v) is 2.64. The highest BCUT2D eigenvalue weighted by Gasteiger charge is 2.13. The molecule has 0 saturated carbocycles. The van der Waals surface area contributed by atoms with Crippen molar-refractivity contribution in [1.82, 2.24) is 0 Å². The van der Waals surface area contributed by atoms with E-state index in [0.717, 1.165) is 12.0 Å². The molecule has 5 heteroatoms. The molecule has 1 N–H and O–H groups in total. The summed E-state index contributed by atoms with van der Waals surface area (Å²) in [5.41, 5.74) is 2.34. The molecule has 0 aliphatic heterocycles. The fourth-order valence-electron chi connectivity index (χ4n) is 2.64. The number of hydrogen-bond acceptors (Lipinski definition) is 5. The highest BCUT2D eigenvalue weighted by molar-refractivity contribution is 5.90. The lowest BCUT2D eigenvalue weighted by molar-refractivity contribution is 0.0474. The Morgan fingerprint density at radius 1 is 1.16 bits per heavy atom. The molecule has 0 fully saturated rings. The summed E-state index contributed by atoms with van der Waals surface area (Å²) in [6.45, 7) is 3.64. The van der Waals surface area contributed by atoms with E-state index in [1.165, 1.54) is 12.1 Å². The van der Waals surface area contributed by atoms with Gasteiger partial charge in [0.25, 0.3) is 0 Å². The first-order valence-electron chi connectivity index (χ1n) is 8.01. The molecule has 0 saturated heterocycles. The van der Waals surface area contributed by atoms with E-state index in [1.54, 1.807) is 25.1 Å². The zero-order chi connectivity index (χ0) is 18.0. The summed E-state index contributed by atoms with van der Waals surface area (Å²) in [6, 6.07) is 11.7. The molecule has 0 aliphatic rings. The number of aryl methyl sites for hydroxylation is 2. The number of aromatic hydroxyl groups is 1. The number of rotatable bonds is 4. The third kappa shape index (κ3) is 3.40. The third-order valence-corrected chi connectivity index (χ3v) is 4.17. The number of carbonyl (C=O) groups excluding carboxylic acids is 1. The molecule has 0 spiro atoms. The largest absolute Gasteiger partial charge is 0.508 e. The van der Waals surface area contributed by atoms with E-state index >= 15 is 0 Å². The molecule has 0 radical (unpaired) electrons. The Morgan fingerprint density at radius 2 is 1.88 bits per heavy atom. The zero-order valence-electron chi connectivity index (χ0n) is 14.0. The van der Waals surface area contributed by atoms with Gasteiger partial charge in [0, 0.05) is 22.6 Å². The number of phenols is 1. The minimum Gasteiger partial charge on any atom is -0.508 e. The molecule has 2 aromatic carbocycles. The Bertz CT molecular complexity index is 983. The molecule has 0 atom stereocenters. The maximum absolute atomic E-state index is 12.2. The van der Waals surface area contributed by atoms with Gasteiger partial charge < -0.3 is 14.3 Å². The second-order valence-electron chi connectivity index (χ2n) is 5.80. The van der Waals surface area contributed by atoms with Gasteiger partial charge >= 0.3 is 11.6 Å². The molecule has 0 aliphatic carbocycles. The van der Waals surface area contributed by atoms with Gasteiger partial charge in [-0.2, -0.15) is 0 Å². The molecule has 3 rings (SSSR count). The number of phenolic OH excluding ortho intramolecular Hbond substituents is 1. The van der Waals surface area contributed by atoms with Crippen molar-refractivity contribution in [3.8, 4) is 5.75 Å². The summed E-state index contributed by atoms with van der Waals surface area (Å²) in [5, 5.41) is 10.4. The topological polar surface area (TPSA) is 76.7 Å². The first-order valence-corrected chi connectivity index (χ1v) is 8.01. The van der Waals surface area contributed by atoms with Gasteiger partial charge in [0.1, 0.15) is 17.9 Å². The van der Waals surface area contributed by atoms with Gasteiger partial charge in [-0.05, 0) is 43.2 Å². The van der Waals surface area contributed by atoms with Crippen LogP contribution >= 0.6 is 0 Å². The van der Waals surface area contributed by atoms with Crippen LogP contribution in [0.4, 0.5) is 0 Å². The van der Waals surface area contributed by atoms with E-state index in [2.05, 4.69) is 0 Å². The molecular formula is C20H18O5. The number of ether oxygens (including phenoxy) is 1. The number of carbonyl (C=O) groups is 1. The second kappa shape index (κ2) is 6.81. The van der Waals surface area contributed by atoms with Crippen LogP contribution in [0.15, 0.2) is 51.7 Å². The van der Waals surface area contributed by atoms with E-state index in [-0.39, 0.29) is 12.4 Å². The van der Waals surface area contributed by atoms with Gasteiger partial charge in [0.05, 0.1) is 5.56 Å². The van der Waals surface area contributed by atoms with Crippen molar-refractivity contribution in [1.29, 1.82) is 0 Å². The SMILES string of the molecule is CCc1ccc(C(=O)OCc2cc(=O)oc3c(C)c(O)ccc23)cc1. The predicted octanol–water partition coefficient (Wildman–Crippen LogP) is 3.73. The lowest BCUT2D eigenvalue weighted by Crippen LogP contribution is -2.08. The van der Waals surface area contributed by atoms with E-state index in [0.29, 0.717) is 27.7 Å². The van der Waals surface area contributed by atoms with Crippen LogP contribution < -0.4 is 5.63 Å². The van der Waals surface area contributed by atoms with Crippen LogP contribution in [0, 0.1) is 6.92 Å². The Morgan fingerprint density at radius 3 is 2.56 bits per heavy atom. The minimum atomic E-state index is -0.556. The van der Waals surface area contributed by atoms with Crippen LogP contribution in [0.25, 0.3) is 11.0 Å². The summed E-state index contributed by atoms with van der Waals surface area (Å²) in [7, 11) is 0. The molecule has 0 bridgehead atoms. The summed E-state index contributed by atoms with van der Waals surface area (Å²) in [4.78, 5) is 24.0. The van der Waals surface area contributed by atoms with Crippen LogP contribution in [0.5, 0.6) is 5.75 Å². The maximum atomic E-state index is 12.2. The molecule has 0 amide bonds. The third-order valence-electron chi connectivity index (χ3n) is 4.17. The molecule has 128 valence electrons. The predicted molar refractivity (Wildman–Crippen MR) is 93.8 cm³/mol. The Hall–Kier alpha value is -3.08. The quantitative estimate of drug-likeness (QED) is 0.579. The average Bonchev–Trinajstić information content (AvgIpc) is 2.63. The zero-order valence-corrected chi connectivity index (χ0v) is 14.0. The second-order valence-corrected chi connectivity index (χ2v) is 5.80. The summed E-state index contributed by atoms with van der Waals surface area (Å²) < 4.78 is 10.5. The number of fused-ring (bicyclic) bond motifs is 1. The summed E-state index contributed by atoms with van der Waals surface area (Å²) >= 11 is 0. The van der Waals surface area contributed by atoms with Crippen LogP contribution in [-0.2, 0) is 17.8 Å². The van der Waals surface area contributed by atoms with E-state index in [4.69, 9.17) is 9.15 Å². The monoisotopic (exact) mass is 338 g/mol. The Kier molecular flexibility index (Phi) is 4.57. The highest BCUT2D eigenvalue weighted by Crippen LogP contribution is 2.27. The van der Waals surface area contributed by atoms with Crippen LogP contribution in [-0.4, -0.2) is 11.1 Å². The maximum Gasteiger partial charge on any atom is 0.338 e. The normalized spacial score (nSPS) is 10.8. The lowest BCUT2D eigenvalue weighted by atomic mass is 10.1. The Labute approximate surface area is 144 Å². The van der Waals surface area contributed by atoms with Crippen molar-refractivity contribution in [2.75, 3.05) is 0 Å². The van der Waals surface area contributed by atoms with Gasteiger partial charge in [0.2, 0.25) is 0 Å². The van der Waals surface area contributed by atoms with E-state index in [1.807, 2.05) is 19.1 Å². The van der Waals surface area contributed by atoms with E-state index < -0.39 is 11.6 Å². The van der Waals surface area contributed by atoms with Crippen molar-refractivity contribution in [3.63, 3.8) is 0 Å². The molecule has 0 unspecified atom stereocenters. The number of esters is 1. The highest BCUT2D eigenvalue weighted by atomic mass is 16.5. The fraction of sp³-hybridized carbons (Fsp3) is 0.200. The lowest BCUT2D eigenvalue weighted by Gasteiger charge is -2.09. The van der Waals surface area contributed by atoms with Crippen molar-refractivity contribution < 1.29 is 19.1 Å². The van der Waals surface area contributed by atoms with Crippen LogP contribution in [0.2, 0.25) is 0 Å². The van der Waals surface area contributed by atoms with Crippen molar-refractivity contribution in [2.45, 2.75) is 26.9 Å². The van der Waals surface area contributed by atoms with Gasteiger partial charge in [-0.15, -0.1) is 0 Å². The van der Waals surface area contributed by atoms with Gasteiger partial charge in [-0.3, -0.25) is 0 Å². The average molecular weight is 338 g/mol. The van der Waals surface area contributed by atoms with Crippen LogP contribution in [0.3, 0.4) is 0 Å².